The standard InChI is InChI=1S/C16H23Cl2NO/c1-15(2)9-11(16(3,4)20-15)14(19)8-10-12(17)6-5-7-13(10)18/h5-7,11,14H,8-9,19H2,1-4H3. The van der Waals surface area contributed by atoms with E-state index in [1.54, 1.807) is 0 Å². The van der Waals surface area contributed by atoms with Crippen molar-refractivity contribution in [3.05, 3.63) is 33.8 Å². The Bertz CT molecular complexity index is 479. The quantitative estimate of drug-likeness (QED) is 0.894. The predicted molar refractivity (Wildman–Crippen MR) is 85.5 cm³/mol. The van der Waals surface area contributed by atoms with Gasteiger partial charge >= 0.3 is 0 Å². The Kier molecular flexibility index (Phi) is 4.42. The molecule has 0 amide bonds. The van der Waals surface area contributed by atoms with E-state index in [0.717, 1.165) is 12.0 Å². The minimum Gasteiger partial charge on any atom is -0.369 e. The molecule has 1 saturated heterocycles. The Labute approximate surface area is 131 Å². The first kappa shape index (κ1) is 16.1. The number of halogens is 2. The molecule has 1 heterocycles. The average molecular weight is 316 g/mol. The summed E-state index contributed by atoms with van der Waals surface area (Å²) in [4.78, 5) is 0. The van der Waals surface area contributed by atoms with Crippen LogP contribution in [0.15, 0.2) is 18.2 Å². The van der Waals surface area contributed by atoms with Crippen molar-refractivity contribution in [2.24, 2.45) is 11.7 Å². The molecule has 20 heavy (non-hydrogen) atoms. The third kappa shape index (κ3) is 3.30. The highest BCUT2D eigenvalue weighted by atomic mass is 35.5. The van der Waals surface area contributed by atoms with Gasteiger partial charge in [0.25, 0.3) is 0 Å². The maximum absolute atomic E-state index is 6.45. The van der Waals surface area contributed by atoms with Crippen LogP contribution >= 0.6 is 23.2 Å². The van der Waals surface area contributed by atoms with Gasteiger partial charge in [-0.15, -0.1) is 0 Å². The van der Waals surface area contributed by atoms with Crippen LogP contribution in [0.3, 0.4) is 0 Å². The summed E-state index contributed by atoms with van der Waals surface area (Å²) < 4.78 is 6.12. The second-order valence-electron chi connectivity index (χ2n) is 6.84. The fraction of sp³-hybridized carbons (Fsp3) is 0.625. The predicted octanol–water partition coefficient (Wildman–Crippen LogP) is 4.46. The summed E-state index contributed by atoms with van der Waals surface area (Å²) in [5, 5.41) is 1.37. The molecule has 112 valence electrons. The second-order valence-corrected chi connectivity index (χ2v) is 7.66. The summed E-state index contributed by atoms with van der Waals surface area (Å²) in [5.41, 5.74) is 7.03. The van der Waals surface area contributed by atoms with Gasteiger partial charge in [0.15, 0.2) is 0 Å². The van der Waals surface area contributed by atoms with Crippen LogP contribution in [-0.4, -0.2) is 17.2 Å². The largest absolute Gasteiger partial charge is 0.369 e. The zero-order chi connectivity index (χ0) is 15.1. The van der Waals surface area contributed by atoms with E-state index in [2.05, 4.69) is 27.7 Å². The highest BCUT2D eigenvalue weighted by Gasteiger charge is 2.48. The number of nitrogens with two attached hydrogens (primary N) is 1. The number of rotatable bonds is 3. The topological polar surface area (TPSA) is 35.2 Å². The van der Waals surface area contributed by atoms with Gasteiger partial charge in [0.1, 0.15) is 0 Å². The molecular formula is C16H23Cl2NO. The van der Waals surface area contributed by atoms with E-state index >= 15 is 0 Å². The average Bonchev–Trinajstić information content (AvgIpc) is 2.52. The molecule has 0 saturated carbocycles. The molecule has 0 radical (unpaired) electrons. The van der Waals surface area contributed by atoms with Crippen molar-refractivity contribution < 1.29 is 4.74 Å². The highest BCUT2D eigenvalue weighted by molar-refractivity contribution is 6.36. The van der Waals surface area contributed by atoms with Crippen molar-refractivity contribution in [3.63, 3.8) is 0 Å². The molecule has 0 aliphatic carbocycles. The van der Waals surface area contributed by atoms with Crippen LogP contribution in [0.1, 0.15) is 39.7 Å². The highest BCUT2D eigenvalue weighted by Crippen LogP contribution is 2.44. The molecule has 2 N–H and O–H groups in total. The smallest absolute Gasteiger partial charge is 0.0677 e. The summed E-state index contributed by atoms with van der Waals surface area (Å²) in [6.45, 7) is 8.45. The Morgan fingerprint density at radius 3 is 2.25 bits per heavy atom. The van der Waals surface area contributed by atoms with Gasteiger partial charge in [0, 0.05) is 22.0 Å². The molecule has 1 aliphatic rings. The van der Waals surface area contributed by atoms with Crippen molar-refractivity contribution in [1.82, 2.24) is 0 Å². The number of benzene rings is 1. The Morgan fingerprint density at radius 1 is 1.25 bits per heavy atom. The third-order valence-electron chi connectivity index (χ3n) is 4.16. The first-order valence-electron chi connectivity index (χ1n) is 7.01. The molecule has 0 aromatic heterocycles. The maximum atomic E-state index is 6.45. The van der Waals surface area contributed by atoms with Crippen LogP contribution in [0.5, 0.6) is 0 Å². The first-order chi connectivity index (χ1) is 9.12. The lowest BCUT2D eigenvalue weighted by Crippen LogP contribution is -2.42. The van der Waals surface area contributed by atoms with Crippen LogP contribution in [0.4, 0.5) is 0 Å². The molecule has 0 spiro atoms. The number of hydrogen-bond acceptors (Lipinski definition) is 2. The van der Waals surface area contributed by atoms with Crippen LogP contribution in [0.2, 0.25) is 10.0 Å². The molecule has 2 atom stereocenters. The Morgan fingerprint density at radius 2 is 1.80 bits per heavy atom. The van der Waals surface area contributed by atoms with E-state index in [1.165, 1.54) is 0 Å². The molecule has 2 unspecified atom stereocenters. The minimum atomic E-state index is -0.226. The van der Waals surface area contributed by atoms with Crippen LogP contribution < -0.4 is 5.73 Å². The monoisotopic (exact) mass is 315 g/mol. The van der Waals surface area contributed by atoms with Crippen molar-refractivity contribution >= 4 is 23.2 Å². The van der Waals surface area contributed by atoms with Gasteiger partial charge in [-0.1, -0.05) is 29.3 Å². The van der Waals surface area contributed by atoms with Crippen LogP contribution in [0.25, 0.3) is 0 Å². The summed E-state index contributed by atoms with van der Waals surface area (Å²) in [7, 11) is 0. The van der Waals surface area contributed by atoms with E-state index < -0.39 is 0 Å². The van der Waals surface area contributed by atoms with E-state index in [0.29, 0.717) is 16.5 Å². The molecule has 4 heteroatoms. The molecule has 1 aromatic rings. The Balaban J connectivity index is 2.19. The van der Waals surface area contributed by atoms with Gasteiger partial charge < -0.3 is 10.5 Å². The van der Waals surface area contributed by atoms with Gasteiger partial charge in [-0.3, -0.25) is 0 Å². The molecule has 2 rings (SSSR count). The summed E-state index contributed by atoms with van der Waals surface area (Å²) in [6, 6.07) is 5.54. The Hall–Kier alpha value is -0.280. The van der Waals surface area contributed by atoms with Gasteiger partial charge in [-0.2, -0.15) is 0 Å². The summed E-state index contributed by atoms with van der Waals surface area (Å²) in [6.07, 6.45) is 1.62. The van der Waals surface area contributed by atoms with E-state index in [1.807, 2.05) is 18.2 Å². The van der Waals surface area contributed by atoms with Crippen LogP contribution in [0, 0.1) is 5.92 Å². The van der Waals surface area contributed by atoms with E-state index in [9.17, 15) is 0 Å². The fourth-order valence-electron chi connectivity index (χ4n) is 3.38. The second kappa shape index (κ2) is 5.49. The van der Waals surface area contributed by atoms with Crippen molar-refractivity contribution in [3.8, 4) is 0 Å². The maximum Gasteiger partial charge on any atom is 0.0677 e. The van der Waals surface area contributed by atoms with Gasteiger partial charge in [0.2, 0.25) is 0 Å². The zero-order valence-corrected chi connectivity index (χ0v) is 14.1. The molecule has 1 aliphatic heterocycles. The van der Waals surface area contributed by atoms with E-state index in [-0.39, 0.29) is 23.2 Å². The first-order valence-corrected chi connectivity index (χ1v) is 7.77. The summed E-state index contributed by atoms with van der Waals surface area (Å²) in [5.74, 6) is 0.282. The molecule has 0 bridgehead atoms. The lowest BCUT2D eigenvalue weighted by atomic mass is 9.80. The third-order valence-corrected chi connectivity index (χ3v) is 4.87. The van der Waals surface area contributed by atoms with Crippen molar-refractivity contribution in [2.75, 3.05) is 0 Å². The summed E-state index contributed by atoms with van der Waals surface area (Å²) >= 11 is 12.5. The minimum absolute atomic E-state index is 0.0239. The molecule has 2 nitrogen and oxygen atoms in total. The van der Waals surface area contributed by atoms with Gasteiger partial charge in [-0.05, 0) is 58.2 Å². The molecule has 1 fully saturated rings. The fourth-order valence-corrected chi connectivity index (χ4v) is 3.93. The normalized spacial score (nSPS) is 25.6. The zero-order valence-electron chi connectivity index (χ0n) is 12.5. The van der Waals surface area contributed by atoms with Gasteiger partial charge in [0.05, 0.1) is 11.2 Å². The molecular weight excluding hydrogens is 293 g/mol. The molecule has 1 aromatic carbocycles. The SMILES string of the molecule is CC1(C)CC(C(N)Cc2c(Cl)cccc2Cl)C(C)(C)O1. The van der Waals surface area contributed by atoms with E-state index in [4.69, 9.17) is 33.7 Å². The van der Waals surface area contributed by atoms with Crippen LogP contribution in [-0.2, 0) is 11.2 Å². The lowest BCUT2D eigenvalue weighted by Gasteiger charge is -2.31. The van der Waals surface area contributed by atoms with Gasteiger partial charge in [-0.25, -0.2) is 0 Å². The number of hydrogen-bond donors (Lipinski definition) is 1. The number of ether oxygens (including phenoxy) is 1. The van der Waals surface area contributed by atoms with Crippen molar-refractivity contribution in [2.45, 2.75) is 57.8 Å². The lowest BCUT2D eigenvalue weighted by molar-refractivity contribution is -0.0765. The van der Waals surface area contributed by atoms with Crippen molar-refractivity contribution in [1.29, 1.82) is 0 Å².